The molecule has 1 aliphatic rings. The Labute approximate surface area is 119 Å². The number of benzene rings is 1. The van der Waals surface area contributed by atoms with Crippen LogP contribution in [0, 0.1) is 0 Å². The third kappa shape index (κ3) is 4.23. The lowest BCUT2D eigenvalue weighted by molar-refractivity contribution is -0.127. The summed E-state index contributed by atoms with van der Waals surface area (Å²) in [6, 6.07) is 8.96. The van der Waals surface area contributed by atoms with Crippen molar-refractivity contribution in [1.82, 2.24) is 4.90 Å². The predicted molar refractivity (Wildman–Crippen MR) is 76.3 cm³/mol. The zero-order valence-corrected chi connectivity index (χ0v) is 11.5. The molecule has 1 aromatic rings. The highest BCUT2D eigenvalue weighted by atomic mass is 16.5. The summed E-state index contributed by atoms with van der Waals surface area (Å²) < 4.78 is 5.13. The molecule has 1 aromatic carbocycles. The van der Waals surface area contributed by atoms with Crippen molar-refractivity contribution in [2.45, 2.75) is 19.3 Å². The number of amides is 1. The van der Waals surface area contributed by atoms with Crippen LogP contribution in [0.15, 0.2) is 42.7 Å². The first-order chi connectivity index (χ1) is 9.77. The van der Waals surface area contributed by atoms with Crippen LogP contribution in [0.3, 0.4) is 0 Å². The summed E-state index contributed by atoms with van der Waals surface area (Å²) in [4.78, 5) is 25.3. The minimum atomic E-state index is -0.0966. The lowest BCUT2D eigenvalue weighted by atomic mass is 10.1. The molecule has 2 rings (SSSR count). The maximum atomic E-state index is 11.8. The summed E-state index contributed by atoms with van der Waals surface area (Å²) in [5, 5.41) is 0. The fourth-order valence-electron chi connectivity index (χ4n) is 2.16. The van der Waals surface area contributed by atoms with E-state index in [2.05, 4.69) is 0 Å². The van der Waals surface area contributed by atoms with Gasteiger partial charge in [-0.2, -0.15) is 0 Å². The maximum Gasteiger partial charge on any atom is 0.249 e. The zero-order chi connectivity index (χ0) is 14.2. The van der Waals surface area contributed by atoms with Crippen LogP contribution >= 0.6 is 0 Å². The molecule has 0 unspecified atom stereocenters. The van der Waals surface area contributed by atoms with E-state index >= 15 is 0 Å². The molecule has 1 saturated heterocycles. The number of hydrogen-bond donors (Lipinski definition) is 0. The van der Waals surface area contributed by atoms with Gasteiger partial charge in [-0.1, -0.05) is 30.3 Å². The van der Waals surface area contributed by atoms with Crippen LogP contribution in [-0.4, -0.2) is 36.3 Å². The number of ketones is 1. The molecule has 4 heteroatoms. The van der Waals surface area contributed by atoms with Gasteiger partial charge in [-0.25, -0.2) is 0 Å². The van der Waals surface area contributed by atoms with E-state index in [1.54, 1.807) is 12.1 Å². The molecule has 1 aliphatic heterocycles. The van der Waals surface area contributed by atoms with Gasteiger partial charge >= 0.3 is 0 Å². The summed E-state index contributed by atoms with van der Waals surface area (Å²) in [6.45, 7) is 1.58. The van der Waals surface area contributed by atoms with Crippen LogP contribution in [0.25, 0.3) is 0 Å². The van der Waals surface area contributed by atoms with E-state index in [0.29, 0.717) is 5.56 Å². The molecule has 106 valence electrons. The number of piperidine rings is 1. The van der Waals surface area contributed by atoms with Gasteiger partial charge in [-0.15, -0.1) is 0 Å². The Bertz CT molecular complexity index is 476. The fourth-order valence-corrected chi connectivity index (χ4v) is 2.16. The van der Waals surface area contributed by atoms with Crippen molar-refractivity contribution in [2.75, 3.05) is 19.7 Å². The highest BCUT2D eigenvalue weighted by molar-refractivity contribution is 5.97. The van der Waals surface area contributed by atoms with E-state index in [0.717, 1.165) is 25.9 Å². The molecular weight excluding hydrogens is 254 g/mol. The van der Waals surface area contributed by atoms with Gasteiger partial charge in [0.25, 0.3) is 0 Å². The van der Waals surface area contributed by atoms with Crippen LogP contribution in [0.5, 0.6) is 0 Å². The smallest absolute Gasteiger partial charge is 0.249 e. The van der Waals surface area contributed by atoms with Crippen molar-refractivity contribution < 1.29 is 14.3 Å². The summed E-state index contributed by atoms with van der Waals surface area (Å²) >= 11 is 0. The Kier molecular flexibility index (Phi) is 5.35. The van der Waals surface area contributed by atoms with Gasteiger partial charge in [0, 0.05) is 24.7 Å². The Hall–Kier alpha value is -2.10. The van der Waals surface area contributed by atoms with Crippen LogP contribution in [0.1, 0.15) is 29.6 Å². The Morgan fingerprint density at radius 1 is 1.10 bits per heavy atom. The Balaban J connectivity index is 1.73. The highest BCUT2D eigenvalue weighted by Crippen LogP contribution is 2.09. The van der Waals surface area contributed by atoms with Crippen LogP contribution in [0.4, 0.5) is 0 Å². The monoisotopic (exact) mass is 273 g/mol. The van der Waals surface area contributed by atoms with Crippen molar-refractivity contribution in [3.63, 3.8) is 0 Å². The molecule has 0 radical (unpaired) electrons. The molecule has 0 aliphatic carbocycles. The lowest BCUT2D eigenvalue weighted by Crippen LogP contribution is -2.34. The molecular formula is C16H19NO3. The average molecular weight is 273 g/mol. The third-order valence-electron chi connectivity index (χ3n) is 3.28. The summed E-state index contributed by atoms with van der Waals surface area (Å²) in [5.41, 5.74) is 0.614. The first-order valence-corrected chi connectivity index (χ1v) is 6.92. The number of likely N-dealkylation sites (tertiary alicyclic amines) is 1. The minimum absolute atomic E-state index is 0.0446. The number of carbonyl (C=O) groups excluding carboxylic acids is 2. The largest absolute Gasteiger partial charge is 0.493 e. The van der Waals surface area contributed by atoms with E-state index in [4.69, 9.17) is 4.74 Å². The van der Waals surface area contributed by atoms with Gasteiger partial charge in [0.15, 0.2) is 12.4 Å². The summed E-state index contributed by atoms with van der Waals surface area (Å²) in [7, 11) is 0. The van der Waals surface area contributed by atoms with Crippen molar-refractivity contribution >= 4 is 11.7 Å². The molecule has 0 spiro atoms. The van der Waals surface area contributed by atoms with Crippen molar-refractivity contribution in [2.24, 2.45) is 0 Å². The normalized spacial score (nSPS) is 15.3. The average Bonchev–Trinajstić information content (AvgIpc) is 2.53. The number of nitrogens with zero attached hydrogens (tertiary/aromatic N) is 1. The SMILES string of the molecule is O=C(CO/C=C/C(=O)N1CCCCC1)c1ccccc1. The van der Waals surface area contributed by atoms with Crippen molar-refractivity contribution in [3.05, 3.63) is 48.2 Å². The molecule has 0 atom stereocenters. The number of hydrogen-bond acceptors (Lipinski definition) is 3. The molecule has 1 heterocycles. The Morgan fingerprint density at radius 2 is 1.80 bits per heavy atom. The number of ether oxygens (including phenoxy) is 1. The molecule has 0 N–H and O–H groups in total. The number of rotatable bonds is 5. The molecule has 1 amide bonds. The van der Waals surface area contributed by atoms with Crippen LogP contribution in [-0.2, 0) is 9.53 Å². The first-order valence-electron chi connectivity index (χ1n) is 6.92. The third-order valence-corrected chi connectivity index (χ3v) is 3.28. The minimum Gasteiger partial charge on any atom is -0.493 e. The Morgan fingerprint density at radius 3 is 2.50 bits per heavy atom. The highest BCUT2D eigenvalue weighted by Gasteiger charge is 2.13. The van der Waals surface area contributed by atoms with Gasteiger partial charge in [0.05, 0.1) is 6.26 Å². The lowest BCUT2D eigenvalue weighted by Gasteiger charge is -2.25. The first kappa shape index (κ1) is 14.3. The number of Topliss-reactive ketones (excluding diaryl/α,β-unsaturated/α-hetero) is 1. The molecule has 0 bridgehead atoms. The van der Waals surface area contributed by atoms with E-state index in [1.165, 1.54) is 18.8 Å². The van der Waals surface area contributed by atoms with Gasteiger partial charge < -0.3 is 9.64 Å². The van der Waals surface area contributed by atoms with Crippen molar-refractivity contribution in [3.8, 4) is 0 Å². The second-order valence-corrected chi connectivity index (χ2v) is 4.79. The summed E-state index contributed by atoms with van der Waals surface area (Å²) in [5.74, 6) is -0.141. The van der Waals surface area contributed by atoms with Gasteiger partial charge in [0.2, 0.25) is 5.91 Å². The molecule has 1 fully saturated rings. The van der Waals surface area contributed by atoms with Crippen LogP contribution < -0.4 is 0 Å². The maximum absolute atomic E-state index is 11.8. The van der Waals surface area contributed by atoms with E-state index in [1.807, 2.05) is 23.1 Å². The van der Waals surface area contributed by atoms with Gasteiger partial charge in [-0.3, -0.25) is 9.59 Å². The topological polar surface area (TPSA) is 46.6 Å². The molecule has 0 saturated carbocycles. The fraction of sp³-hybridized carbons (Fsp3) is 0.375. The van der Waals surface area contributed by atoms with E-state index in [9.17, 15) is 9.59 Å². The van der Waals surface area contributed by atoms with Crippen LogP contribution in [0.2, 0.25) is 0 Å². The zero-order valence-electron chi connectivity index (χ0n) is 11.5. The molecule has 0 aromatic heterocycles. The number of carbonyl (C=O) groups is 2. The molecule has 20 heavy (non-hydrogen) atoms. The molecule has 4 nitrogen and oxygen atoms in total. The second-order valence-electron chi connectivity index (χ2n) is 4.79. The summed E-state index contributed by atoms with van der Waals surface area (Å²) in [6.07, 6.45) is 6.02. The van der Waals surface area contributed by atoms with E-state index < -0.39 is 0 Å². The predicted octanol–water partition coefficient (Wildman–Crippen LogP) is 2.41. The second kappa shape index (κ2) is 7.48. The van der Waals surface area contributed by atoms with E-state index in [-0.39, 0.29) is 18.3 Å². The van der Waals surface area contributed by atoms with Gasteiger partial charge in [-0.05, 0) is 19.3 Å². The van der Waals surface area contributed by atoms with Crippen molar-refractivity contribution in [1.29, 1.82) is 0 Å². The quantitative estimate of drug-likeness (QED) is 0.470. The van der Waals surface area contributed by atoms with Gasteiger partial charge in [0.1, 0.15) is 0 Å². The standard InChI is InChI=1S/C16H19NO3/c18-15(14-7-3-1-4-8-14)13-20-12-9-16(19)17-10-5-2-6-11-17/h1,3-4,7-9,12H,2,5-6,10-11,13H2/b12-9+.